The molecule has 14 heavy (non-hydrogen) atoms. The second kappa shape index (κ2) is 4.50. The highest BCUT2D eigenvalue weighted by molar-refractivity contribution is 5.78. The highest BCUT2D eigenvalue weighted by atomic mass is 16.5. The van der Waals surface area contributed by atoms with Crippen molar-refractivity contribution in [3.63, 3.8) is 0 Å². The lowest BCUT2D eigenvalue weighted by Gasteiger charge is -2.11. The van der Waals surface area contributed by atoms with Crippen LogP contribution in [0.1, 0.15) is 6.92 Å². The molecule has 4 heteroatoms. The molecule has 0 heterocycles. The summed E-state index contributed by atoms with van der Waals surface area (Å²) in [5.41, 5.74) is 5.05. The molecule has 1 atom stereocenters. The van der Waals surface area contributed by atoms with Gasteiger partial charge in [0.05, 0.1) is 7.11 Å². The lowest BCUT2D eigenvalue weighted by atomic mass is 10.3. The SMILES string of the molecule is COc1ccc(OC(C)C(N)=O)cc1. The van der Waals surface area contributed by atoms with Crippen LogP contribution in [0.5, 0.6) is 11.5 Å². The van der Waals surface area contributed by atoms with Crippen molar-refractivity contribution < 1.29 is 14.3 Å². The summed E-state index contributed by atoms with van der Waals surface area (Å²) in [6.07, 6.45) is -0.622. The van der Waals surface area contributed by atoms with Crippen molar-refractivity contribution in [3.05, 3.63) is 24.3 Å². The summed E-state index contributed by atoms with van der Waals surface area (Å²) >= 11 is 0. The Hall–Kier alpha value is -1.71. The smallest absolute Gasteiger partial charge is 0.258 e. The minimum atomic E-state index is -0.622. The second-order valence-corrected chi connectivity index (χ2v) is 2.84. The Bertz CT molecular complexity index is 308. The minimum absolute atomic E-state index is 0.485. The molecule has 0 saturated heterocycles. The standard InChI is InChI=1S/C10H13NO3/c1-7(10(11)12)14-9-5-3-8(13-2)4-6-9/h3-7H,1-2H3,(H2,11,12). The third-order valence-corrected chi connectivity index (χ3v) is 1.77. The summed E-state index contributed by atoms with van der Waals surface area (Å²) in [5.74, 6) is 0.849. The lowest BCUT2D eigenvalue weighted by Crippen LogP contribution is -2.30. The first-order valence-corrected chi connectivity index (χ1v) is 4.23. The minimum Gasteiger partial charge on any atom is -0.497 e. The van der Waals surface area contributed by atoms with Crippen LogP contribution in [0.15, 0.2) is 24.3 Å². The van der Waals surface area contributed by atoms with Crippen molar-refractivity contribution in [1.82, 2.24) is 0 Å². The maximum Gasteiger partial charge on any atom is 0.258 e. The van der Waals surface area contributed by atoms with Crippen molar-refractivity contribution in [3.8, 4) is 11.5 Å². The fourth-order valence-electron chi connectivity index (χ4n) is 0.916. The number of ether oxygens (including phenoxy) is 2. The maximum absolute atomic E-state index is 10.7. The van der Waals surface area contributed by atoms with Crippen LogP contribution in [0.3, 0.4) is 0 Å². The van der Waals surface area contributed by atoms with Gasteiger partial charge >= 0.3 is 0 Å². The van der Waals surface area contributed by atoms with E-state index in [1.54, 1.807) is 38.3 Å². The first kappa shape index (κ1) is 10.4. The molecule has 0 aliphatic heterocycles. The molecule has 1 aromatic rings. The number of carbonyl (C=O) groups is 1. The molecule has 0 saturated carbocycles. The number of methoxy groups -OCH3 is 1. The van der Waals surface area contributed by atoms with Crippen LogP contribution in [0, 0.1) is 0 Å². The predicted molar refractivity (Wildman–Crippen MR) is 52.3 cm³/mol. The van der Waals surface area contributed by atoms with Crippen LogP contribution in [0.2, 0.25) is 0 Å². The topological polar surface area (TPSA) is 61.6 Å². The molecule has 1 aromatic carbocycles. The monoisotopic (exact) mass is 195 g/mol. The second-order valence-electron chi connectivity index (χ2n) is 2.84. The molecule has 0 spiro atoms. The van der Waals surface area contributed by atoms with Gasteiger partial charge in [-0.2, -0.15) is 0 Å². The van der Waals surface area contributed by atoms with Crippen LogP contribution < -0.4 is 15.2 Å². The van der Waals surface area contributed by atoms with Gasteiger partial charge < -0.3 is 15.2 Å². The Kier molecular flexibility index (Phi) is 3.34. The van der Waals surface area contributed by atoms with E-state index < -0.39 is 12.0 Å². The van der Waals surface area contributed by atoms with Crippen LogP contribution in [-0.4, -0.2) is 19.1 Å². The van der Waals surface area contributed by atoms with Crippen molar-refractivity contribution >= 4 is 5.91 Å². The van der Waals surface area contributed by atoms with E-state index >= 15 is 0 Å². The number of hydrogen-bond acceptors (Lipinski definition) is 3. The lowest BCUT2D eigenvalue weighted by molar-refractivity contribution is -0.123. The van der Waals surface area contributed by atoms with Gasteiger partial charge in [0.25, 0.3) is 5.91 Å². The van der Waals surface area contributed by atoms with Gasteiger partial charge in [0.15, 0.2) is 6.10 Å². The summed E-state index contributed by atoms with van der Waals surface area (Å²) in [5, 5.41) is 0. The predicted octanol–water partition coefficient (Wildman–Crippen LogP) is 0.948. The quantitative estimate of drug-likeness (QED) is 0.778. The van der Waals surface area contributed by atoms with Gasteiger partial charge in [0.2, 0.25) is 0 Å². The van der Waals surface area contributed by atoms with Gasteiger partial charge in [-0.25, -0.2) is 0 Å². The van der Waals surface area contributed by atoms with Gasteiger partial charge in [-0.15, -0.1) is 0 Å². The van der Waals surface area contributed by atoms with Crippen molar-refractivity contribution in [2.45, 2.75) is 13.0 Å². The fraction of sp³-hybridized carbons (Fsp3) is 0.300. The molecule has 0 fully saturated rings. The van der Waals surface area contributed by atoms with E-state index in [0.29, 0.717) is 5.75 Å². The third-order valence-electron chi connectivity index (χ3n) is 1.77. The van der Waals surface area contributed by atoms with Gasteiger partial charge in [-0.3, -0.25) is 4.79 Å². The van der Waals surface area contributed by atoms with Gasteiger partial charge in [-0.05, 0) is 31.2 Å². The highest BCUT2D eigenvalue weighted by Gasteiger charge is 2.09. The molecule has 0 aromatic heterocycles. The molecule has 1 rings (SSSR count). The zero-order valence-electron chi connectivity index (χ0n) is 8.19. The van der Waals surface area contributed by atoms with Crippen LogP contribution in [-0.2, 0) is 4.79 Å². The van der Waals surface area contributed by atoms with Gasteiger partial charge in [-0.1, -0.05) is 0 Å². The normalized spacial score (nSPS) is 11.9. The van der Waals surface area contributed by atoms with E-state index in [4.69, 9.17) is 15.2 Å². The fourth-order valence-corrected chi connectivity index (χ4v) is 0.916. The largest absolute Gasteiger partial charge is 0.497 e. The molecular formula is C10H13NO3. The number of carbonyl (C=O) groups excluding carboxylic acids is 1. The van der Waals surface area contributed by atoms with E-state index in [2.05, 4.69) is 0 Å². The Morgan fingerprint density at radius 3 is 2.21 bits per heavy atom. The average Bonchev–Trinajstić information content (AvgIpc) is 2.19. The van der Waals surface area contributed by atoms with Crippen molar-refractivity contribution in [2.24, 2.45) is 5.73 Å². The van der Waals surface area contributed by atoms with E-state index in [1.165, 1.54) is 0 Å². The Morgan fingerprint density at radius 2 is 1.79 bits per heavy atom. The van der Waals surface area contributed by atoms with E-state index in [1.807, 2.05) is 0 Å². The molecule has 4 nitrogen and oxygen atoms in total. The number of hydrogen-bond donors (Lipinski definition) is 1. The van der Waals surface area contributed by atoms with Gasteiger partial charge in [0.1, 0.15) is 11.5 Å². The molecule has 2 N–H and O–H groups in total. The zero-order valence-corrected chi connectivity index (χ0v) is 8.19. The Balaban J connectivity index is 2.64. The summed E-state index contributed by atoms with van der Waals surface area (Å²) in [4.78, 5) is 10.7. The number of amides is 1. The van der Waals surface area contributed by atoms with E-state index in [0.717, 1.165) is 5.75 Å². The van der Waals surface area contributed by atoms with Crippen molar-refractivity contribution in [1.29, 1.82) is 0 Å². The number of benzene rings is 1. The summed E-state index contributed by atoms with van der Waals surface area (Å²) in [6.45, 7) is 1.60. The molecule has 0 aliphatic rings. The van der Waals surface area contributed by atoms with Crippen LogP contribution >= 0.6 is 0 Å². The number of rotatable bonds is 4. The summed E-state index contributed by atoms with van der Waals surface area (Å²) < 4.78 is 10.2. The average molecular weight is 195 g/mol. The van der Waals surface area contributed by atoms with Gasteiger partial charge in [0, 0.05) is 0 Å². The Morgan fingerprint density at radius 1 is 1.29 bits per heavy atom. The maximum atomic E-state index is 10.7. The molecule has 1 unspecified atom stereocenters. The molecular weight excluding hydrogens is 182 g/mol. The van der Waals surface area contributed by atoms with E-state index in [-0.39, 0.29) is 0 Å². The molecule has 1 amide bonds. The van der Waals surface area contributed by atoms with Crippen LogP contribution in [0.25, 0.3) is 0 Å². The molecule has 0 aliphatic carbocycles. The first-order chi connectivity index (χ1) is 6.63. The number of nitrogens with two attached hydrogens (primary N) is 1. The first-order valence-electron chi connectivity index (χ1n) is 4.23. The van der Waals surface area contributed by atoms with Crippen molar-refractivity contribution in [2.75, 3.05) is 7.11 Å². The highest BCUT2D eigenvalue weighted by Crippen LogP contribution is 2.17. The summed E-state index contributed by atoms with van der Waals surface area (Å²) in [7, 11) is 1.59. The number of primary amides is 1. The zero-order chi connectivity index (χ0) is 10.6. The molecule has 0 bridgehead atoms. The Labute approximate surface area is 82.6 Å². The third kappa shape index (κ3) is 2.65. The molecule has 76 valence electrons. The van der Waals surface area contributed by atoms with Crippen LogP contribution in [0.4, 0.5) is 0 Å². The summed E-state index contributed by atoms with van der Waals surface area (Å²) in [6, 6.07) is 6.95. The van der Waals surface area contributed by atoms with E-state index in [9.17, 15) is 4.79 Å². The molecule has 0 radical (unpaired) electrons.